The second kappa shape index (κ2) is 7.54. The Hall–Kier alpha value is -0.870. The number of rotatable bonds is 8. The molecule has 0 radical (unpaired) electrons. The maximum atomic E-state index is 5.69. The summed E-state index contributed by atoms with van der Waals surface area (Å²) in [5, 5.41) is 7.32. The van der Waals surface area contributed by atoms with Crippen LogP contribution >= 0.6 is 0 Å². The molecule has 1 aromatic rings. The van der Waals surface area contributed by atoms with Crippen molar-refractivity contribution in [3.05, 3.63) is 17.5 Å². The summed E-state index contributed by atoms with van der Waals surface area (Å²) >= 11 is 0. The van der Waals surface area contributed by atoms with Crippen LogP contribution < -0.4 is 5.32 Å². The predicted molar refractivity (Wildman–Crippen MR) is 70.1 cm³/mol. The molecule has 18 heavy (non-hydrogen) atoms. The summed E-state index contributed by atoms with van der Waals surface area (Å²) < 4.78 is 10.9. The number of hydrogen-bond acceptors (Lipinski definition) is 4. The van der Waals surface area contributed by atoms with Gasteiger partial charge in [-0.25, -0.2) is 0 Å². The van der Waals surface area contributed by atoms with Crippen LogP contribution in [0.5, 0.6) is 0 Å². The lowest BCUT2D eigenvalue weighted by molar-refractivity contribution is 0.0734. The van der Waals surface area contributed by atoms with Crippen molar-refractivity contribution in [2.24, 2.45) is 5.92 Å². The maximum absolute atomic E-state index is 5.69. The molecule has 4 nitrogen and oxygen atoms in total. The minimum Gasteiger partial charge on any atom is -0.373 e. The van der Waals surface area contributed by atoms with Gasteiger partial charge in [-0.2, -0.15) is 0 Å². The first-order chi connectivity index (χ1) is 8.88. The molecular formula is C14H24N2O2. The van der Waals surface area contributed by atoms with Crippen molar-refractivity contribution in [3.63, 3.8) is 0 Å². The van der Waals surface area contributed by atoms with Crippen LogP contribution in [0, 0.1) is 5.92 Å². The molecule has 1 aliphatic rings. The zero-order valence-electron chi connectivity index (χ0n) is 11.3. The molecule has 0 aromatic carbocycles. The van der Waals surface area contributed by atoms with E-state index in [0.717, 1.165) is 43.5 Å². The Morgan fingerprint density at radius 3 is 3.06 bits per heavy atom. The van der Waals surface area contributed by atoms with Crippen LogP contribution in [0.4, 0.5) is 0 Å². The molecule has 1 fully saturated rings. The fourth-order valence-electron chi connectivity index (χ4n) is 2.40. The standard InChI is InChI=1S/C14H24N2O2/c1-2-7-15-9-13-8-14(18-16-13)11-17-10-12-5-3-4-6-12/h8,12,15H,2-7,9-11H2,1H3. The van der Waals surface area contributed by atoms with Gasteiger partial charge in [0.2, 0.25) is 0 Å². The normalized spacial score (nSPS) is 16.5. The van der Waals surface area contributed by atoms with Gasteiger partial charge in [-0.15, -0.1) is 0 Å². The molecule has 102 valence electrons. The van der Waals surface area contributed by atoms with E-state index in [2.05, 4.69) is 17.4 Å². The zero-order chi connectivity index (χ0) is 12.6. The van der Waals surface area contributed by atoms with E-state index < -0.39 is 0 Å². The number of hydrogen-bond donors (Lipinski definition) is 1. The van der Waals surface area contributed by atoms with E-state index in [4.69, 9.17) is 9.26 Å². The average Bonchev–Trinajstić information content (AvgIpc) is 3.01. The van der Waals surface area contributed by atoms with Gasteiger partial charge in [-0.3, -0.25) is 0 Å². The first kappa shape index (κ1) is 13.6. The third-order valence-electron chi connectivity index (χ3n) is 3.41. The average molecular weight is 252 g/mol. The molecule has 1 N–H and O–H groups in total. The van der Waals surface area contributed by atoms with E-state index in [1.165, 1.54) is 25.7 Å². The highest BCUT2D eigenvalue weighted by atomic mass is 16.5. The van der Waals surface area contributed by atoms with Gasteiger partial charge >= 0.3 is 0 Å². The maximum Gasteiger partial charge on any atom is 0.162 e. The highest BCUT2D eigenvalue weighted by molar-refractivity contribution is 5.04. The van der Waals surface area contributed by atoms with Crippen molar-refractivity contribution in [2.75, 3.05) is 13.2 Å². The number of nitrogens with zero attached hydrogens (tertiary/aromatic N) is 1. The number of aromatic nitrogens is 1. The molecule has 0 unspecified atom stereocenters. The summed E-state index contributed by atoms with van der Waals surface area (Å²) in [5.74, 6) is 1.60. The smallest absolute Gasteiger partial charge is 0.162 e. The molecule has 0 bridgehead atoms. The van der Waals surface area contributed by atoms with Gasteiger partial charge < -0.3 is 14.6 Å². The van der Waals surface area contributed by atoms with Crippen LogP contribution in [0.2, 0.25) is 0 Å². The molecule has 0 saturated heterocycles. The monoisotopic (exact) mass is 252 g/mol. The minimum atomic E-state index is 0.553. The molecule has 1 aromatic heterocycles. The molecule has 0 amide bonds. The third kappa shape index (κ3) is 4.42. The molecule has 0 spiro atoms. The van der Waals surface area contributed by atoms with E-state index in [-0.39, 0.29) is 0 Å². The van der Waals surface area contributed by atoms with Crippen molar-refractivity contribution in [2.45, 2.75) is 52.2 Å². The fourth-order valence-corrected chi connectivity index (χ4v) is 2.40. The summed E-state index contributed by atoms with van der Waals surface area (Å²) in [5.41, 5.74) is 0.961. The van der Waals surface area contributed by atoms with Crippen molar-refractivity contribution < 1.29 is 9.26 Å². The molecule has 0 aliphatic heterocycles. The highest BCUT2D eigenvalue weighted by Crippen LogP contribution is 2.24. The first-order valence-electron chi connectivity index (χ1n) is 7.11. The molecule has 0 atom stereocenters. The van der Waals surface area contributed by atoms with Gasteiger partial charge in [0.1, 0.15) is 6.61 Å². The number of ether oxygens (including phenoxy) is 1. The van der Waals surface area contributed by atoms with E-state index in [0.29, 0.717) is 6.61 Å². The van der Waals surface area contributed by atoms with E-state index in [1.54, 1.807) is 0 Å². The van der Waals surface area contributed by atoms with E-state index in [1.807, 2.05) is 6.07 Å². The molecule has 1 heterocycles. The van der Waals surface area contributed by atoms with Crippen LogP contribution in [-0.2, 0) is 17.9 Å². The lowest BCUT2D eigenvalue weighted by atomic mass is 10.1. The highest BCUT2D eigenvalue weighted by Gasteiger charge is 2.15. The topological polar surface area (TPSA) is 47.3 Å². The van der Waals surface area contributed by atoms with Gasteiger partial charge in [0.05, 0.1) is 5.69 Å². The van der Waals surface area contributed by atoms with E-state index in [9.17, 15) is 0 Å². The van der Waals surface area contributed by atoms with Crippen LogP contribution in [-0.4, -0.2) is 18.3 Å². The Morgan fingerprint density at radius 1 is 1.44 bits per heavy atom. The first-order valence-corrected chi connectivity index (χ1v) is 7.11. The summed E-state index contributed by atoms with van der Waals surface area (Å²) in [4.78, 5) is 0. The lowest BCUT2D eigenvalue weighted by Gasteiger charge is -2.07. The summed E-state index contributed by atoms with van der Waals surface area (Å²) in [6, 6.07) is 1.98. The predicted octanol–water partition coefficient (Wildman–Crippen LogP) is 2.88. The van der Waals surface area contributed by atoms with Gasteiger partial charge in [0.25, 0.3) is 0 Å². The summed E-state index contributed by atoms with van der Waals surface area (Å²) in [7, 11) is 0. The Balaban J connectivity index is 1.63. The quantitative estimate of drug-likeness (QED) is 0.723. The third-order valence-corrected chi connectivity index (χ3v) is 3.41. The molecule has 4 heteroatoms. The van der Waals surface area contributed by atoms with Gasteiger partial charge in [-0.1, -0.05) is 24.9 Å². The largest absolute Gasteiger partial charge is 0.373 e. The number of nitrogens with one attached hydrogen (secondary N) is 1. The molecule has 2 rings (SSSR count). The molecule has 1 aliphatic carbocycles. The second-order valence-corrected chi connectivity index (χ2v) is 5.13. The summed E-state index contributed by atoms with van der Waals surface area (Å²) in [6.45, 7) is 5.36. The fraction of sp³-hybridized carbons (Fsp3) is 0.786. The summed E-state index contributed by atoms with van der Waals surface area (Å²) in [6.07, 6.45) is 6.51. The SMILES string of the molecule is CCCNCc1cc(COCC2CCCC2)on1. The minimum absolute atomic E-state index is 0.553. The van der Waals surface area contributed by atoms with Crippen molar-refractivity contribution in [1.82, 2.24) is 10.5 Å². The second-order valence-electron chi connectivity index (χ2n) is 5.13. The Labute approximate surface area is 109 Å². The van der Waals surface area contributed by atoms with E-state index >= 15 is 0 Å². The van der Waals surface area contributed by atoms with Crippen LogP contribution in [0.25, 0.3) is 0 Å². The van der Waals surface area contributed by atoms with Gasteiger partial charge in [-0.05, 0) is 31.7 Å². The van der Waals surface area contributed by atoms with Crippen LogP contribution in [0.1, 0.15) is 50.5 Å². The Kier molecular flexibility index (Phi) is 5.68. The van der Waals surface area contributed by atoms with Gasteiger partial charge in [0, 0.05) is 19.2 Å². The zero-order valence-corrected chi connectivity index (χ0v) is 11.3. The van der Waals surface area contributed by atoms with Crippen LogP contribution in [0.15, 0.2) is 10.6 Å². The van der Waals surface area contributed by atoms with Gasteiger partial charge in [0.15, 0.2) is 5.76 Å². The van der Waals surface area contributed by atoms with Crippen molar-refractivity contribution in [1.29, 1.82) is 0 Å². The van der Waals surface area contributed by atoms with Crippen molar-refractivity contribution in [3.8, 4) is 0 Å². The lowest BCUT2D eigenvalue weighted by Crippen LogP contribution is -2.13. The molecular weight excluding hydrogens is 228 g/mol. The Morgan fingerprint density at radius 2 is 2.28 bits per heavy atom. The van der Waals surface area contributed by atoms with Crippen LogP contribution in [0.3, 0.4) is 0 Å². The molecule has 1 saturated carbocycles. The van der Waals surface area contributed by atoms with Crippen molar-refractivity contribution >= 4 is 0 Å². The Bertz CT molecular complexity index is 332.